The summed E-state index contributed by atoms with van der Waals surface area (Å²) in [6.07, 6.45) is 1.92. The highest BCUT2D eigenvalue weighted by atomic mass is 15.3. The Morgan fingerprint density at radius 2 is 2.28 bits per heavy atom. The number of likely N-dealkylation sites (N-methyl/N-ethyl adjacent to an activating group) is 1. The van der Waals surface area contributed by atoms with Crippen LogP contribution in [0, 0.1) is 0 Å². The molecule has 1 aliphatic heterocycles. The lowest BCUT2D eigenvalue weighted by molar-refractivity contribution is 0.199. The highest BCUT2D eigenvalue weighted by molar-refractivity contribution is 5.47. The zero-order valence-electron chi connectivity index (χ0n) is 11.7. The summed E-state index contributed by atoms with van der Waals surface area (Å²) in [4.78, 5) is 9.38. The lowest BCUT2D eigenvalue weighted by Gasteiger charge is -2.40. The topological polar surface area (TPSA) is 31.4 Å². The molecule has 2 rings (SSSR count). The molecule has 4 heteroatoms. The molecular formula is C14H24N4. The second-order valence-electron chi connectivity index (χ2n) is 4.96. The number of pyridine rings is 1. The predicted octanol–water partition coefficient (Wildman–Crippen LogP) is 1.33. The van der Waals surface area contributed by atoms with Crippen LogP contribution in [0.25, 0.3) is 0 Å². The van der Waals surface area contributed by atoms with E-state index in [1.54, 1.807) is 0 Å². The summed E-state index contributed by atoms with van der Waals surface area (Å²) in [7, 11) is 1.95. The van der Waals surface area contributed by atoms with Crippen molar-refractivity contribution in [1.29, 1.82) is 0 Å². The minimum absolute atomic E-state index is 0.629. The summed E-state index contributed by atoms with van der Waals surface area (Å²) in [5, 5.41) is 3.15. The molecule has 2 heterocycles. The lowest BCUT2D eigenvalue weighted by Crippen LogP contribution is -2.51. The van der Waals surface area contributed by atoms with Crippen LogP contribution in [-0.4, -0.2) is 49.2 Å². The minimum atomic E-state index is 0.629. The maximum Gasteiger partial charge on any atom is 0.0562 e. The minimum Gasteiger partial charge on any atom is -0.369 e. The van der Waals surface area contributed by atoms with E-state index < -0.39 is 0 Å². The fourth-order valence-electron chi connectivity index (χ4n) is 2.64. The maximum absolute atomic E-state index is 4.37. The second-order valence-corrected chi connectivity index (χ2v) is 4.96. The molecule has 0 bridgehead atoms. The van der Waals surface area contributed by atoms with Gasteiger partial charge in [0, 0.05) is 44.1 Å². The summed E-state index contributed by atoms with van der Waals surface area (Å²) < 4.78 is 0. The van der Waals surface area contributed by atoms with E-state index in [0.717, 1.165) is 38.4 Å². The van der Waals surface area contributed by atoms with Crippen molar-refractivity contribution in [3.8, 4) is 0 Å². The van der Waals surface area contributed by atoms with E-state index in [-0.39, 0.29) is 0 Å². The van der Waals surface area contributed by atoms with Gasteiger partial charge in [0.25, 0.3) is 0 Å². The molecule has 1 aromatic heterocycles. The van der Waals surface area contributed by atoms with Gasteiger partial charge in [0.05, 0.1) is 5.69 Å². The van der Waals surface area contributed by atoms with Crippen LogP contribution >= 0.6 is 0 Å². The number of rotatable bonds is 4. The zero-order chi connectivity index (χ0) is 13.0. The van der Waals surface area contributed by atoms with Crippen molar-refractivity contribution in [3.05, 3.63) is 24.0 Å². The molecule has 1 aromatic rings. The third-order valence-electron chi connectivity index (χ3n) is 3.69. The quantitative estimate of drug-likeness (QED) is 0.871. The first kappa shape index (κ1) is 13.3. The zero-order valence-corrected chi connectivity index (χ0v) is 11.7. The first-order valence-electron chi connectivity index (χ1n) is 6.83. The molecule has 100 valence electrons. The van der Waals surface area contributed by atoms with Crippen molar-refractivity contribution < 1.29 is 0 Å². The van der Waals surface area contributed by atoms with Gasteiger partial charge in [-0.2, -0.15) is 0 Å². The number of aromatic nitrogens is 1. The van der Waals surface area contributed by atoms with Gasteiger partial charge in [0.15, 0.2) is 0 Å². The van der Waals surface area contributed by atoms with Crippen LogP contribution in [-0.2, 0) is 6.54 Å². The van der Waals surface area contributed by atoms with E-state index in [0.29, 0.717) is 6.04 Å². The number of hydrogen-bond donors (Lipinski definition) is 1. The Kier molecular flexibility index (Phi) is 4.55. The maximum atomic E-state index is 4.37. The molecule has 1 unspecified atom stereocenters. The average Bonchev–Trinajstić information content (AvgIpc) is 2.39. The summed E-state index contributed by atoms with van der Waals surface area (Å²) >= 11 is 0. The summed E-state index contributed by atoms with van der Waals surface area (Å²) in [6.45, 7) is 9.91. The molecule has 0 saturated carbocycles. The Balaban J connectivity index is 2.05. The molecular weight excluding hydrogens is 224 g/mol. The van der Waals surface area contributed by atoms with Gasteiger partial charge in [0.2, 0.25) is 0 Å². The van der Waals surface area contributed by atoms with Crippen LogP contribution in [0.5, 0.6) is 0 Å². The monoisotopic (exact) mass is 248 g/mol. The van der Waals surface area contributed by atoms with Gasteiger partial charge < -0.3 is 10.2 Å². The van der Waals surface area contributed by atoms with Gasteiger partial charge in [-0.1, -0.05) is 6.92 Å². The van der Waals surface area contributed by atoms with Crippen molar-refractivity contribution in [1.82, 2.24) is 15.2 Å². The van der Waals surface area contributed by atoms with Gasteiger partial charge >= 0.3 is 0 Å². The molecule has 1 fully saturated rings. The van der Waals surface area contributed by atoms with Crippen LogP contribution in [0.4, 0.5) is 5.69 Å². The van der Waals surface area contributed by atoms with E-state index in [1.165, 1.54) is 5.69 Å². The molecule has 1 aliphatic rings. The van der Waals surface area contributed by atoms with Crippen LogP contribution in [0.3, 0.4) is 0 Å². The largest absolute Gasteiger partial charge is 0.369 e. The van der Waals surface area contributed by atoms with Crippen molar-refractivity contribution in [3.63, 3.8) is 0 Å². The van der Waals surface area contributed by atoms with Crippen LogP contribution in [0.1, 0.15) is 19.5 Å². The van der Waals surface area contributed by atoms with E-state index in [9.17, 15) is 0 Å². The first-order chi connectivity index (χ1) is 8.74. The smallest absolute Gasteiger partial charge is 0.0562 e. The average molecular weight is 248 g/mol. The van der Waals surface area contributed by atoms with Gasteiger partial charge in [-0.05, 0) is 32.6 Å². The third kappa shape index (κ3) is 3.00. The Hall–Kier alpha value is -1.13. The van der Waals surface area contributed by atoms with Crippen LogP contribution < -0.4 is 10.2 Å². The molecule has 0 radical (unpaired) electrons. The van der Waals surface area contributed by atoms with Gasteiger partial charge in [-0.15, -0.1) is 0 Å². The number of hydrogen-bond acceptors (Lipinski definition) is 4. The second kappa shape index (κ2) is 6.16. The summed E-state index contributed by atoms with van der Waals surface area (Å²) in [5.41, 5.74) is 2.42. The molecule has 18 heavy (non-hydrogen) atoms. The predicted molar refractivity (Wildman–Crippen MR) is 75.9 cm³/mol. The molecule has 0 amide bonds. The lowest BCUT2D eigenvalue weighted by atomic mass is 10.1. The molecule has 0 aliphatic carbocycles. The fourth-order valence-corrected chi connectivity index (χ4v) is 2.64. The van der Waals surface area contributed by atoms with Crippen LogP contribution in [0.2, 0.25) is 0 Å². The van der Waals surface area contributed by atoms with E-state index in [1.807, 2.05) is 13.2 Å². The van der Waals surface area contributed by atoms with Crippen LogP contribution in [0.15, 0.2) is 18.3 Å². The highest BCUT2D eigenvalue weighted by Gasteiger charge is 2.22. The number of nitrogens with one attached hydrogen (secondary N) is 1. The van der Waals surface area contributed by atoms with Gasteiger partial charge in [0.1, 0.15) is 0 Å². The van der Waals surface area contributed by atoms with Gasteiger partial charge in [-0.3, -0.25) is 9.88 Å². The summed E-state index contributed by atoms with van der Waals surface area (Å²) in [5.74, 6) is 0. The van der Waals surface area contributed by atoms with E-state index in [2.05, 4.69) is 46.1 Å². The Morgan fingerprint density at radius 1 is 1.44 bits per heavy atom. The Labute approximate surface area is 110 Å². The molecule has 1 saturated heterocycles. The van der Waals surface area contributed by atoms with Gasteiger partial charge in [-0.25, -0.2) is 0 Å². The van der Waals surface area contributed by atoms with E-state index in [4.69, 9.17) is 0 Å². The van der Waals surface area contributed by atoms with Crippen molar-refractivity contribution in [2.75, 3.05) is 38.1 Å². The highest BCUT2D eigenvalue weighted by Crippen LogP contribution is 2.19. The molecule has 1 N–H and O–H groups in total. The Morgan fingerprint density at radius 3 is 2.94 bits per heavy atom. The molecule has 4 nitrogen and oxygen atoms in total. The number of nitrogens with zero attached hydrogens (tertiary/aromatic N) is 3. The standard InChI is InChI=1S/C14H24N4/c1-4-17-7-8-18(11-12(17)2)14-5-6-16-13(9-14)10-15-3/h5-6,9,12,15H,4,7-8,10-11H2,1-3H3. The molecule has 0 aromatic carbocycles. The van der Waals surface area contributed by atoms with Crippen molar-refractivity contribution in [2.24, 2.45) is 0 Å². The fraction of sp³-hybridized carbons (Fsp3) is 0.643. The Bertz CT molecular complexity index is 380. The molecule has 1 atom stereocenters. The third-order valence-corrected chi connectivity index (χ3v) is 3.69. The number of anilines is 1. The SMILES string of the molecule is CCN1CCN(c2ccnc(CNC)c2)CC1C. The van der Waals surface area contributed by atoms with Crippen molar-refractivity contribution >= 4 is 5.69 Å². The first-order valence-corrected chi connectivity index (χ1v) is 6.83. The molecule has 0 spiro atoms. The summed E-state index contributed by atoms with van der Waals surface area (Å²) in [6, 6.07) is 4.95. The van der Waals surface area contributed by atoms with Crippen molar-refractivity contribution in [2.45, 2.75) is 26.4 Å². The van der Waals surface area contributed by atoms with E-state index >= 15 is 0 Å². The number of piperazine rings is 1. The normalized spacial score (nSPS) is 21.3.